The molecule has 6 heteroatoms. The largest absolute Gasteiger partial charge is 0.311 e. The quantitative estimate of drug-likeness (QED) is 0.701. The molecular formula is C13H16N6. The summed E-state index contributed by atoms with van der Waals surface area (Å²) in [5.41, 5.74) is 2.01. The molecular weight excluding hydrogens is 240 g/mol. The fourth-order valence-electron chi connectivity index (χ4n) is 2.08. The van der Waals surface area contributed by atoms with Crippen LogP contribution in [0.15, 0.2) is 37.1 Å². The Hall–Kier alpha value is -2.21. The fourth-order valence-corrected chi connectivity index (χ4v) is 2.08. The van der Waals surface area contributed by atoms with E-state index in [4.69, 9.17) is 0 Å². The van der Waals surface area contributed by atoms with E-state index in [0.29, 0.717) is 0 Å². The molecule has 3 heterocycles. The Morgan fingerprint density at radius 3 is 3.05 bits per heavy atom. The Kier molecular flexibility index (Phi) is 3.24. The number of imidazole rings is 1. The zero-order valence-electron chi connectivity index (χ0n) is 10.8. The van der Waals surface area contributed by atoms with Gasteiger partial charge in [0.15, 0.2) is 5.82 Å². The standard InChI is InChI=1S/C13H16N6/c1-2-6-14-8-11-13(19-10-15-9-16-19)17-12-5-3-4-7-18(11)12/h3-5,7,9-10,14H,2,6,8H2,1H3. The van der Waals surface area contributed by atoms with Gasteiger partial charge < -0.3 is 9.72 Å². The van der Waals surface area contributed by atoms with Gasteiger partial charge in [-0.15, -0.1) is 0 Å². The second-order valence-corrected chi connectivity index (χ2v) is 4.33. The summed E-state index contributed by atoms with van der Waals surface area (Å²) >= 11 is 0. The summed E-state index contributed by atoms with van der Waals surface area (Å²) < 4.78 is 3.79. The third-order valence-corrected chi connectivity index (χ3v) is 2.96. The number of hydrogen-bond donors (Lipinski definition) is 1. The van der Waals surface area contributed by atoms with Crippen molar-refractivity contribution in [2.45, 2.75) is 19.9 Å². The van der Waals surface area contributed by atoms with Crippen LogP contribution in [0.25, 0.3) is 11.5 Å². The van der Waals surface area contributed by atoms with E-state index in [0.717, 1.165) is 36.7 Å². The third-order valence-electron chi connectivity index (χ3n) is 2.96. The van der Waals surface area contributed by atoms with Crippen molar-refractivity contribution in [1.29, 1.82) is 0 Å². The minimum absolute atomic E-state index is 0.758. The first kappa shape index (κ1) is 11.9. The Labute approximate surface area is 111 Å². The van der Waals surface area contributed by atoms with Gasteiger partial charge in [0.05, 0.1) is 5.69 Å². The number of pyridine rings is 1. The lowest BCUT2D eigenvalue weighted by Gasteiger charge is -2.05. The highest BCUT2D eigenvalue weighted by Gasteiger charge is 2.13. The molecule has 0 saturated carbocycles. The number of nitrogens with one attached hydrogen (secondary N) is 1. The van der Waals surface area contributed by atoms with Crippen LogP contribution in [0.1, 0.15) is 19.0 Å². The Morgan fingerprint density at radius 2 is 2.26 bits per heavy atom. The first-order valence-electron chi connectivity index (χ1n) is 6.42. The van der Waals surface area contributed by atoms with Crippen LogP contribution < -0.4 is 5.32 Å². The molecule has 98 valence electrons. The van der Waals surface area contributed by atoms with E-state index < -0.39 is 0 Å². The second-order valence-electron chi connectivity index (χ2n) is 4.33. The first-order valence-corrected chi connectivity index (χ1v) is 6.42. The molecule has 0 radical (unpaired) electrons. The van der Waals surface area contributed by atoms with Crippen molar-refractivity contribution in [3.63, 3.8) is 0 Å². The maximum absolute atomic E-state index is 4.62. The first-order chi connectivity index (χ1) is 9.40. The molecule has 0 unspecified atom stereocenters. The molecule has 6 nitrogen and oxygen atoms in total. The number of nitrogens with zero attached hydrogens (tertiary/aromatic N) is 5. The van der Waals surface area contributed by atoms with Gasteiger partial charge in [0.2, 0.25) is 0 Å². The van der Waals surface area contributed by atoms with Crippen LogP contribution in [0.5, 0.6) is 0 Å². The minimum atomic E-state index is 0.758. The molecule has 0 saturated heterocycles. The van der Waals surface area contributed by atoms with Gasteiger partial charge in [0, 0.05) is 12.7 Å². The molecule has 0 bridgehead atoms. The summed E-state index contributed by atoms with van der Waals surface area (Å²) in [4.78, 5) is 8.61. The molecule has 0 atom stereocenters. The molecule has 0 aliphatic heterocycles. The van der Waals surface area contributed by atoms with Crippen LogP contribution in [0.2, 0.25) is 0 Å². The van der Waals surface area contributed by atoms with Crippen LogP contribution in [0, 0.1) is 0 Å². The summed E-state index contributed by atoms with van der Waals surface area (Å²) in [5, 5.41) is 7.58. The number of fused-ring (bicyclic) bond motifs is 1. The lowest BCUT2D eigenvalue weighted by molar-refractivity contribution is 0.654. The maximum Gasteiger partial charge on any atom is 0.178 e. The Morgan fingerprint density at radius 1 is 1.32 bits per heavy atom. The second kappa shape index (κ2) is 5.19. The maximum atomic E-state index is 4.62. The molecule has 0 fully saturated rings. The van der Waals surface area contributed by atoms with Gasteiger partial charge in [0.25, 0.3) is 0 Å². The molecule has 3 aromatic rings. The molecule has 0 aliphatic carbocycles. The lowest BCUT2D eigenvalue weighted by atomic mass is 10.4. The highest BCUT2D eigenvalue weighted by molar-refractivity contribution is 5.48. The highest BCUT2D eigenvalue weighted by Crippen LogP contribution is 2.15. The van der Waals surface area contributed by atoms with Crippen molar-refractivity contribution < 1.29 is 0 Å². The van der Waals surface area contributed by atoms with Gasteiger partial charge >= 0.3 is 0 Å². The van der Waals surface area contributed by atoms with Crippen molar-refractivity contribution in [3.8, 4) is 5.82 Å². The summed E-state index contributed by atoms with van der Waals surface area (Å²) in [5.74, 6) is 0.826. The van der Waals surface area contributed by atoms with Crippen LogP contribution >= 0.6 is 0 Å². The number of aromatic nitrogens is 5. The van der Waals surface area contributed by atoms with E-state index in [1.807, 2.05) is 24.4 Å². The molecule has 0 aliphatic rings. The van der Waals surface area contributed by atoms with Crippen molar-refractivity contribution in [3.05, 3.63) is 42.7 Å². The average molecular weight is 256 g/mol. The highest BCUT2D eigenvalue weighted by atomic mass is 15.4. The Balaban J connectivity index is 2.06. The van der Waals surface area contributed by atoms with E-state index in [2.05, 4.69) is 31.7 Å². The van der Waals surface area contributed by atoms with Crippen molar-refractivity contribution in [2.24, 2.45) is 0 Å². The van der Waals surface area contributed by atoms with Crippen molar-refractivity contribution in [2.75, 3.05) is 6.54 Å². The van der Waals surface area contributed by atoms with E-state index in [1.54, 1.807) is 11.0 Å². The number of hydrogen-bond acceptors (Lipinski definition) is 4. The van der Waals surface area contributed by atoms with Crippen LogP contribution in [-0.4, -0.2) is 30.7 Å². The smallest absolute Gasteiger partial charge is 0.178 e. The van der Waals surface area contributed by atoms with Crippen molar-refractivity contribution in [1.82, 2.24) is 29.5 Å². The predicted octanol–water partition coefficient (Wildman–Crippen LogP) is 1.41. The van der Waals surface area contributed by atoms with Gasteiger partial charge in [-0.2, -0.15) is 5.10 Å². The van der Waals surface area contributed by atoms with Gasteiger partial charge in [0.1, 0.15) is 18.3 Å². The lowest BCUT2D eigenvalue weighted by Crippen LogP contribution is -2.17. The molecule has 3 rings (SSSR count). The molecule has 1 N–H and O–H groups in total. The number of rotatable bonds is 5. The zero-order chi connectivity index (χ0) is 13.1. The SMILES string of the molecule is CCCNCc1c(-n2cncn2)nc2ccccn12. The van der Waals surface area contributed by atoms with Crippen LogP contribution in [0.4, 0.5) is 0 Å². The van der Waals surface area contributed by atoms with E-state index in [1.165, 1.54) is 6.33 Å². The minimum Gasteiger partial charge on any atom is -0.311 e. The molecule has 0 aromatic carbocycles. The summed E-state index contributed by atoms with van der Waals surface area (Å²) in [7, 11) is 0. The van der Waals surface area contributed by atoms with Crippen LogP contribution in [-0.2, 0) is 6.54 Å². The molecule has 19 heavy (non-hydrogen) atoms. The van der Waals surface area contributed by atoms with Gasteiger partial charge in [-0.3, -0.25) is 0 Å². The monoisotopic (exact) mass is 256 g/mol. The molecule has 0 spiro atoms. The van der Waals surface area contributed by atoms with Gasteiger partial charge in [-0.1, -0.05) is 13.0 Å². The van der Waals surface area contributed by atoms with E-state index >= 15 is 0 Å². The van der Waals surface area contributed by atoms with Crippen LogP contribution in [0.3, 0.4) is 0 Å². The molecule has 3 aromatic heterocycles. The average Bonchev–Trinajstić information content (AvgIpc) is 3.06. The fraction of sp³-hybridized carbons (Fsp3) is 0.308. The summed E-state index contributed by atoms with van der Waals surface area (Å²) in [6.45, 7) is 3.89. The normalized spacial score (nSPS) is 11.2. The van der Waals surface area contributed by atoms with E-state index in [9.17, 15) is 0 Å². The topological polar surface area (TPSA) is 60.0 Å². The third kappa shape index (κ3) is 2.22. The van der Waals surface area contributed by atoms with E-state index in [-0.39, 0.29) is 0 Å². The van der Waals surface area contributed by atoms with Gasteiger partial charge in [-0.25, -0.2) is 14.6 Å². The predicted molar refractivity (Wildman–Crippen MR) is 72.1 cm³/mol. The Bertz CT molecular complexity index is 655. The molecule has 0 amide bonds. The zero-order valence-corrected chi connectivity index (χ0v) is 10.8. The van der Waals surface area contributed by atoms with Crippen molar-refractivity contribution >= 4 is 5.65 Å². The van der Waals surface area contributed by atoms with Gasteiger partial charge in [-0.05, 0) is 25.1 Å². The summed E-state index contributed by atoms with van der Waals surface area (Å²) in [6.07, 6.45) is 6.32. The summed E-state index contributed by atoms with van der Waals surface area (Å²) in [6, 6.07) is 5.98.